The summed E-state index contributed by atoms with van der Waals surface area (Å²) >= 11 is 0. The maximum atomic E-state index is 12.2. The Labute approximate surface area is 107 Å². The molecule has 104 valence electrons. The van der Waals surface area contributed by atoms with Crippen molar-refractivity contribution in [3.05, 3.63) is 0 Å². The Kier molecular flexibility index (Phi) is 4.56. The number of rotatable bonds is 3. The van der Waals surface area contributed by atoms with Crippen molar-refractivity contribution in [2.45, 2.75) is 39.4 Å². The first-order valence-corrected chi connectivity index (χ1v) is 6.18. The minimum Gasteiger partial charge on any atom is -0.480 e. The van der Waals surface area contributed by atoms with E-state index in [1.165, 1.54) is 4.90 Å². The number of nitrogens with zero attached hydrogens (tertiary/aromatic N) is 2. The molecule has 6 nitrogen and oxygen atoms in total. The van der Waals surface area contributed by atoms with Crippen LogP contribution < -0.4 is 0 Å². The molecular weight excluding hydrogens is 236 g/mol. The average molecular weight is 258 g/mol. The molecule has 0 bridgehead atoms. The second-order valence-electron chi connectivity index (χ2n) is 5.26. The van der Waals surface area contributed by atoms with Gasteiger partial charge in [0.25, 0.3) is 0 Å². The summed E-state index contributed by atoms with van der Waals surface area (Å²) in [6.07, 6.45) is -0.0405. The second-order valence-corrected chi connectivity index (χ2v) is 5.26. The summed E-state index contributed by atoms with van der Waals surface area (Å²) in [5, 5.41) is 8.78. The number of hydrogen-bond acceptors (Lipinski definition) is 3. The zero-order valence-corrected chi connectivity index (χ0v) is 11.5. The van der Waals surface area contributed by atoms with Gasteiger partial charge in [-0.15, -0.1) is 0 Å². The lowest BCUT2D eigenvalue weighted by Gasteiger charge is -2.43. The first-order valence-electron chi connectivity index (χ1n) is 6.18. The fraction of sp³-hybridized carbons (Fsp3) is 0.833. The zero-order valence-electron chi connectivity index (χ0n) is 11.5. The number of morpholine rings is 1. The summed E-state index contributed by atoms with van der Waals surface area (Å²) in [5.74, 6) is -0.995. The molecule has 1 unspecified atom stereocenters. The Hall–Kier alpha value is -1.30. The van der Waals surface area contributed by atoms with Crippen molar-refractivity contribution in [3.63, 3.8) is 0 Å². The van der Waals surface area contributed by atoms with Crippen LogP contribution in [-0.4, -0.2) is 64.8 Å². The summed E-state index contributed by atoms with van der Waals surface area (Å²) < 4.78 is 5.72. The van der Waals surface area contributed by atoms with Crippen LogP contribution in [0.15, 0.2) is 0 Å². The quantitative estimate of drug-likeness (QED) is 0.820. The van der Waals surface area contributed by atoms with Crippen molar-refractivity contribution in [1.29, 1.82) is 0 Å². The van der Waals surface area contributed by atoms with Gasteiger partial charge < -0.3 is 19.6 Å². The van der Waals surface area contributed by atoms with Crippen LogP contribution in [0.3, 0.4) is 0 Å². The lowest BCUT2D eigenvalue weighted by atomic mass is 10.1. The van der Waals surface area contributed by atoms with Gasteiger partial charge in [0.2, 0.25) is 0 Å². The van der Waals surface area contributed by atoms with Crippen LogP contribution in [0.2, 0.25) is 0 Å². The molecule has 1 atom stereocenters. The fourth-order valence-electron chi connectivity index (χ4n) is 2.28. The maximum Gasteiger partial charge on any atom is 0.323 e. The molecule has 0 aromatic heterocycles. The molecule has 0 saturated carbocycles. The van der Waals surface area contributed by atoms with Crippen LogP contribution in [0, 0.1) is 0 Å². The predicted molar refractivity (Wildman–Crippen MR) is 66.5 cm³/mol. The third-order valence-corrected chi connectivity index (χ3v) is 2.82. The van der Waals surface area contributed by atoms with E-state index in [4.69, 9.17) is 9.84 Å². The molecule has 6 heteroatoms. The number of carbonyl (C=O) groups excluding carboxylic acids is 1. The summed E-state index contributed by atoms with van der Waals surface area (Å²) in [7, 11) is 0. The summed E-state index contributed by atoms with van der Waals surface area (Å²) in [6, 6.07) is -0.233. The number of urea groups is 1. The maximum absolute atomic E-state index is 12.2. The highest BCUT2D eigenvalue weighted by atomic mass is 16.5. The number of carboxylic acid groups (broad SMARTS) is 1. The first-order chi connectivity index (χ1) is 8.25. The van der Waals surface area contributed by atoms with E-state index < -0.39 is 11.6 Å². The second kappa shape index (κ2) is 5.56. The van der Waals surface area contributed by atoms with Crippen molar-refractivity contribution in [1.82, 2.24) is 9.80 Å². The number of likely N-dealkylation sites (N-methyl/N-ethyl adjacent to an activating group) is 1. The molecule has 18 heavy (non-hydrogen) atoms. The van der Waals surface area contributed by atoms with Crippen LogP contribution in [0.25, 0.3) is 0 Å². The first kappa shape index (κ1) is 14.8. The monoisotopic (exact) mass is 258 g/mol. The molecule has 1 saturated heterocycles. The third kappa shape index (κ3) is 3.87. The Balaban J connectivity index is 2.72. The van der Waals surface area contributed by atoms with Gasteiger partial charge in [0.05, 0.1) is 18.2 Å². The van der Waals surface area contributed by atoms with Crippen LogP contribution in [0.5, 0.6) is 0 Å². The Morgan fingerprint density at radius 2 is 2.11 bits per heavy atom. The van der Waals surface area contributed by atoms with E-state index in [1.807, 2.05) is 20.8 Å². The molecule has 1 heterocycles. The highest BCUT2D eigenvalue weighted by molar-refractivity contribution is 5.80. The number of amides is 2. The molecule has 0 aromatic rings. The van der Waals surface area contributed by atoms with E-state index in [0.29, 0.717) is 19.6 Å². The van der Waals surface area contributed by atoms with Gasteiger partial charge in [-0.1, -0.05) is 0 Å². The average Bonchev–Trinajstić information content (AvgIpc) is 2.21. The van der Waals surface area contributed by atoms with Gasteiger partial charge in [-0.3, -0.25) is 4.79 Å². The van der Waals surface area contributed by atoms with Gasteiger partial charge in [-0.25, -0.2) is 4.79 Å². The summed E-state index contributed by atoms with van der Waals surface area (Å²) in [5.41, 5.74) is -0.393. The van der Waals surface area contributed by atoms with Gasteiger partial charge in [-0.05, 0) is 27.7 Å². The van der Waals surface area contributed by atoms with Crippen LogP contribution in [0.1, 0.15) is 27.7 Å². The molecule has 1 aliphatic heterocycles. The smallest absolute Gasteiger partial charge is 0.323 e. The molecule has 1 rings (SSSR count). The third-order valence-electron chi connectivity index (χ3n) is 2.82. The molecule has 1 N–H and O–H groups in total. The lowest BCUT2D eigenvalue weighted by Crippen LogP contribution is -2.57. The summed E-state index contributed by atoms with van der Waals surface area (Å²) in [4.78, 5) is 25.9. The van der Waals surface area contributed by atoms with E-state index in [0.717, 1.165) is 0 Å². The van der Waals surface area contributed by atoms with Crippen LogP contribution >= 0.6 is 0 Å². The minimum atomic E-state index is -0.995. The number of carboxylic acids is 1. The van der Waals surface area contributed by atoms with Crippen LogP contribution in [-0.2, 0) is 9.53 Å². The van der Waals surface area contributed by atoms with E-state index in [1.54, 1.807) is 11.8 Å². The van der Waals surface area contributed by atoms with Gasteiger partial charge in [0.15, 0.2) is 0 Å². The summed E-state index contributed by atoms with van der Waals surface area (Å²) in [6.45, 7) is 8.64. The molecule has 0 aromatic carbocycles. The lowest BCUT2D eigenvalue weighted by molar-refractivity contribution is -0.138. The minimum absolute atomic E-state index is 0.0405. The SMILES string of the molecule is CCN(CC(=O)O)C(=O)N1CC(C)OC(C)(C)C1. The van der Waals surface area contributed by atoms with Crippen molar-refractivity contribution in [3.8, 4) is 0 Å². The molecule has 1 fully saturated rings. The van der Waals surface area contributed by atoms with E-state index in [2.05, 4.69) is 0 Å². The van der Waals surface area contributed by atoms with Gasteiger partial charge >= 0.3 is 12.0 Å². The Morgan fingerprint density at radius 1 is 1.50 bits per heavy atom. The number of hydrogen-bond donors (Lipinski definition) is 1. The van der Waals surface area contributed by atoms with E-state index >= 15 is 0 Å². The molecule has 0 radical (unpaired) electrons. The van der Waals surface area contributed by atoms with Crippen LogP contribution in [0.4, 0.5) is 4.79 Å². The van der Waals surface area contributed by atoms with Gasteiger partial charge in [0.1, 0.15) is 6.54 Å². The van der Waals surface area contributed by atoms with Crippen molar-refractivity contribution in [2.75, 3.05) is 26.2 Å². The van der Waals surface area contributed by atoms with Gasteiger partial charge in [-0.2, -0.15) is 0 Å². The fourth-order valence-corrected chi connectivity index (χ4v) is 2.28. The highest BCUT2D eigenvalue weighted by Crippen LogP contribution is 2.21. The molecule has 1 aliphatic rings. The Bertz CT molecular complexity index is 330. The molecule has 2 amide bonds. The molecular formula is C12H22N2O4. The number of carbonyl (C=O) groups is 2. The normalized spacial score (nSPS) is 22.7. The highest BCUT2D eigenvalue weighted by Gasteiger charge is 2.35. The predicted octanol–water partition coefficient (Wildman–Crippen LogP) is 1.01. The van der Waals surface area contributed by atoms with E-state index in [-0.39, 0.29) is 18.7 Å². The van der Waals surface area contributed by atoms with Crippen molar-refractivity contribution >= 4 is 12.0 Å². The molecule has 0 spiro atoms. The zero-order chi connectivity index (χ0) is 13.9. The topological polar surface area (TPSA) is 70.1 Å². The Morgan fingerprint density at radius 3 is 2.56 bits per heavy atom. The number of ether oxygens (including phenoxy) is 1. The van der Waals surface area contributed by atoms with Crippen molar-refractivity contribution in [2.24, 2.45) is 0 Å². The standard InChI is InChI=1S/C12H22N2O4/c1-5-13(7-10(15)16)11(17)14-6-9(2)18-12(3,4)8-14/h9H,5-8H2,1-4H3,(H,15,16). The number of aliphatic carboxylic acids is 1. The van der Waals surface area contributed by atoms with E-state index in [9.17, 15) is 9.59 Å². The largest absolute Gasteiger partial charge is 0.480 e. The molecule has 0 aliphatic carbocycles. The van der Waals surface area contributed by atoms with Gasteiger partial charge in [0, 0.05) is 13.1 Å². The van der Waals surface area contributed by atoms with Crippen molar-refractivity contribution < 1.29 is 19.4 Å².